The summed E-state index contributed by atoms with van der Waals surface area (Å²) in [5.74, 6) is 0.608. The van der Waals surface area contributed by atoms with Gasteiger partial charge in [0.1, 0.15) is 23.3 Å². The van der Waals surface area contributed by atoms with Crippen LogP contribution in [0.25, 0.3) is 11.3 Å². The lowest BCUT2D eigenvalue weighted by Crippen LogP contribution is -2.25. The molecule has 0 fully saturated rings. The molecule has 1 aromatic heterocycles. The Labute approximate surface area is 155 Å². The molecular formula is C21H16N2O4. The lowest BCUT2D eigenvalue weighted by atomic mass is 10.1. The minimum absolute atomic E-state index is 0.0898. The first-order valence-electron chi connectivity index (χ1n) is 8.19. The third kappa shape index (κ3) is 4.36. The van der Waals surface area contributed by atoms with E-state index in [4.69, 9.17) is 15.1 Å². The number of aromatic nitrogens is 1. The van der Waals surface area contributed by atoms with E-state index in [0.29, 0.717) is 22.8 Å². The summed E-state index contributed by atoms with van der Waals surface area (Å²) < 4.78 is 5.73. The van der Waals surface area contributed by atoms with E-state index in [2.05, 4.69) is 11.1 Å². The Morgan fingerprint density at radius 3 is 2.26 bits per heavy atom. The molecule has 2 aromatic carbocycles. The molecule has 27 heavy (non-hydrogen) atoms. The Kier molecular flexibility index (Phi) is 5.57. The standard InChI is InChI=1S/C21H16N2O4/c22-12-14-4-8-16(9-5-14)27-17-10-6-15(7-11-17)18-2-1-3-19(23-18)21(26)20(25)13-24/h1-11,20,24-25H,13H2/t20-/m0/s1. The van der Waals surface area contributed by atoms with E-state index in [1.54, 1.807) is 60.7 Å². The molecule has 2 N–H and O–H groups in total. The predicted molar refractivity (Wildman–Crippen MR) is 98.3 cm³/mol. The number of aliphatic hydroxyl groups excluding tert-OH is 2. The zero-order valence-corrected chi connectivity index (χ0v) is 14.2. The topological polar surface area (TPSA) is 103 Å². The highest BCUT2D eigenvalue weighted by Gasteiger charge is 2.17. The number of hydrogen-bond donors (Lipinski definition) is 2. The SMILES string of the molecule is N#Cc1ccc(Oc2ccc(-c3cccc(C(=O)[C@@H](O)CO)n3)cc2)cc1. The summed E-state index contributed by atoms with van der Waals surface area (Å²) in [6.07, 6.45) is -1.48. The van der Waals surface area contributed by atoms with Gasteiger partial charge in [0.15, 0.2) is 0 Å². The third-order valence-electron chi connectivity index (χ3n) is 3.85. The van der Waals surface area contributed by atoms with Gasteiger partial charge in [-0.15, -0.1) is 0 Å². The second kappa shape index (κ2) is 8.23. The highest BCUT2D eigenvalue weighted by molar-refractivity contribution is 5.98. The molecule has 6 nitrogen and oxygen atoms in total. The number of nitriles is 1. The van der Waals surface area contributed by atoms with E-state index in [-0.39, 0.29) is 5.69 Å². The van der Waals surface area contributed by atoms with Crippen molar-refractivity contribution in [3.05, 3.63) is 78.0 Å². The molecule has 6 heteroatoms. The van der Waals surface area contributed by atoms with Crippen LogP contribution in [0.15, 0.2) is 66.7 Å². The van der Waals surface area contributed by atoms with Crippen LogP contribution in [0.4, 0.5) is 0 Å². The van der Waals surface area contributed by atoms with Crippen LogP contribution in [0, 0.1) is 11.3 Å². The number of pyridine rings is 1. The van der Waals surface area contributed by atoms with Crippen molar-refractivity contribution >= 4 is 5.78 Å². The summed E-state index contributed by atoms with van der Waals surface area (Å²) in [5.41, 5.74) is 1.99. The van der Waals surface area contributed by atoms with Gasteiger partial charge in [-0.25, -0.2) is 4.98 Å². The second-order valence-corrected chi connectivity index (χ2v) is 5.73. The molecule has 1 atom stereocenters. The number of benzene rings is 2. The quantitative estimate of drug-likeness (QED) is 0.655. The molecule has 1 heterocycles. The maximum absolute atomic E-state index is 11.9. The van der Waals surface area contributed by atoms with Crippen LogP contribution in [0.5, 0.6) is 11.5 Å². The molecule has 0 spiro atoms. The first-order valence-corrected chi connectivity index (χ1v) is 8.19. The van der Waals surface area contributed by atoms with Crippen molar-refractivity contribution < 1.29 is 19.7 Å². The summed E-state index contributed by atoms with van der Waals surface area (Å²) in [7, 11) is 0. The molecule has 0 saturated carbocycles. The van der Waals surface area contributed by atoms with E-state index in [0.717, 1.165) is 5.56 Å². The molecule has 0 radical (unpaired) electrons. The fraction of sp³-hybridized carbons (Fsp3) is 0.0952. The van der Waals surface area contributed by atoms with Crippen molar-refractivity contribution in [1.82, 2.24) is 4.98 Å². The van der Waals surface area contributed by atoms with Crippen LogP contribution in [0.2, 0.25) is 0 Å². The molecule has 0 aliphatic carbocycles. The van der Waals surface area contributed by atoms with Crippen LogP contribution < -0.4 is 4.74 Å². The van der Waals surface area contributed by atoms with Crippen molar-refractivity contribution in [2.24, 2.45) is 0 Å². The largest absolute Gasteiger partial charge is 0.457 e. The van der Waals surface area contributed by atoms with Crippen molar-refractivity contribution in [2.45, 2.75) is 6.10 Å². The minimum Gasteiger partial charge on any atom is -0.457 e. The fourth-order valence-corrected chi connectivity index (χ4v) is 2.41. The molecule has 134 valence electrons. The number of nitrogens with zero attached hydrogens (tertiary/aromatic N) is 2. The molecule has 3 aromatic rings. The normalized spacial score (nSPS) is 11.4. The molecule has 0 aliphatic heterocycles. The predicted octanol–water partition coefficient (Wildman–Crippen LogP) is 2.95. The molecule has 0 saturated heterocycles. The first-order chi connectivity index (χ1) is 13.1. The number of Topliss-reactive ketones (excluding diaryl/α,β-unsaturated/α-hetero) is 1. The molecule has 0 bridgehead atoms. The van der Waals surface area contributed by atoms with Gasteiger partial charge < -0.3 is 14.9 Å². The zero-order chi connectivity index (χ0) is 19.2. The maximum Gasteiger partial charge on any atom is 0.211 e. The van der Waals surface area contributed by atoms with Crippen molar-refractivity contribution in [1.29, 1.82) is 5.26 Å². The lowest BCUT2D eigenvalue weighted by Gasteiger charge is -2.09. The molecular weight excluding hydrogens is 344 g/mol. The van der Waals surface area contributed by atoms with Gasteiger partial charge in [-0.05, 0) is 60.7 Å². The maximum atomic E-state index is 11.9. The van der Waals surface area contributed by atoms with Gasteiger partial charge in [0.2, 0.25) is 5.78 Å². The van der Waals surface area contributed by atoms with Gasteiger partial charge in [-0.2, -0.15) is 5.26 Å². The number of rotatable bonds is 6. The molecule has 0 aliphatic rings. The van der Waals surface area contributed by atoms with E-state index >= 15 is 0 Å². The van der Waals surface area contributed by atoms with Gasteiger partial charge in [0.05, 0.1) is 23.9 Å². The number of hydrogen-bond acceptors (Lipinski definition) is 6. The Morgan fingerprint density at radius 1 is 1.04 bits per heavy atom. The fourth-order valence-electron chi connectivity index (χ4n) is 2.41. The van der Waals surface area contributed by atoms with Gasteiger partial charge in [-0.1, -0.05) is 6.07 Å². The van der Waals surface area contributed by atoms with Crippen molar-refractivity contribution in [3.8, 4) is 28.8 Å². The Morgan fingerprint density at radius 2 is 1.67 bits per heavy atom. The molecule has 3 rings (SSSR count). The van der Waals surface area contributed by atoms with E-state index in [9.17, 15) is 9.90 Å². The Hall–Kier alpha value is -3.53. The van der Waals surface area contributed by atoms with Gasteiger partial charge in [0, 0.05) is 5.56 Å². The van der Waals surface area contributed by atoms with E-state index < -0.39 is 18.5 Å². The summed E-state index contributed by atoms with van der Waals surface area (Å²) >= 11 is 0. The monoisotopic (exact) mass is 360 g/mol. The second-order valence-electron chi connectivity index (χ2n) is 5.73. The van der Waals surface area contributed by atoms with Crippen molar-refractivity contribution in [2.75, 3.05) is 6.61 Å². The molecule has 0 amide bonds. The summed E-state index contributed by atoms with van der Waals surface area (Å²) in [6, 6.07) is 20.9. The summed E-state index contributed by atoms with van der Waals surface area (Å²) in [6.45, 7) is -0.647. The minimum atomic E-state index is -1.48. The van der Waals surface area contributed by atoms with Gasteiger partial charge in [0.25, 0.3) is 0 Å². The number of aliphatic hydroxyl groups is 2. The number of ketones is 1. The van der Waals surface area contributed by atoms with Crippen LogP contribution >= 0.6 is 0 Å². The number of carbonyl (C=O) groups excluding carboxylic acids is 1. The third-order valence-corrected chi connectivity index (χ3v) is 3.85. The van der Waals surface area contributed by atoms with Crippen LogP contribution in [0.1, 0.15) is 16.1 Å². The van der Waals surface area contributed by atoms with E-state index in [1.165, 1.54) is 6.07 Å². The van der Waals surface area contributed by atoms with Crippen LogP contribution in [-0.4, -0.2) is 33.7 Å². The van der Waals surface area contributed by atoms with Crippen molar-refractivity contribution in [3.63, 3.8) is 0 Å². The Bertz CT molecular complexity index is 976. The number of carbonyl (C=O) groups is 1. The first kappa shape index (κ1) is 18.3. The summed E-state index contributed by atoms with van der Waals surface area (Å²) in [4.78, 5) is 16.2. The molecule has 0 unspecified atom stereocenters. The Balaban J connectivity index is 1.77. The highest BCUT2D eigenvalue weighted by atomic mass is 16.5. The van der Waals surface area contributed by atoms with Gasteiger partial charge in [-0.3, -0.25) is 4.79 Å². The lowest BCUT2D eigenvalue weighted by molar-refractivity contribution is 0.0582. The van der Waals surface area contributed by atoms with Crippen LogP contribution in [-0.2, 0) is 0 Å². The van der Waals surface area contributed by atoms with Gasteiger partial charge >= 0.3 is 0 Å². The van der Waals surface area contributed by atoms with Crippen LogP contribution in [0.3, 0.4) is 0 Å². The highest BCUT2D eigenvalue weighted by Crippen LogP contribution is 2.25. The zero-order valence-electron chi connectivity index (χ0n) is 14.2. The smallest absolute Gasteiger partial charge is 0.211 e. The average molecular weight is 360 g/mol. The average Bonchev–Trinajstić information content (AvgIpc) is 2.74. The number of ether oxygens (including phenoxy) is 1. The van der Waals surface area contributed by atoms with E-state index in [1.807, 2.05) is 0 Å². The summed E-state index contributed by atoms with van der Waals surface area (Å²) in [5, 5.41) is 27.2.